The van der Waals surface area contributed by atoms with Gasteiger partial charge in [-0.05, 0) is 71.0 Å². The fraction of sp³-hybridized carbons (Fsp3) is 0.0667. The fourth-order valence-electron chi connectivity index (χ4n) is 1.68. The Morgan fingerprint density at radius 2 is 1.90 bits per heavy atom. The minimum Gasteiger partial charge on any atom is -0.331 e. The molecule has 0 atom stereocenters. The zero-order chi connectivity index (χ0) is 15.4. The van der Waals surface area contributed by atoms with Crippen LogP contribution in [0.25, 0.3) is 0 Å². The van der Waals surface area contributed by atoms with E-state index in [4.69, 9.17) is 12.2 Å². The van der Waals surface area contributed by atoms with Gasteiger partial charge < -0.3 is 5.32 Å². The van der Waals surface area contributed by atoms with Crippen molar-refractivity contribution in [3.05, 3.63) is 62.5 Å². The Morgan fingerprint density at radius 1 is 1.14 bits per heavy atom. The third kappa shape index (κ3) is 4.62. The van der Waals surface area contributed by atoms with Crippen LogP contribution >= 0.6 is 44.1 Å². The topological polar surface area (TPSA) is 41.1 Å². The summed E-state index contributed by atoms with van der Waals surface area (Å²) in [6, 6.07) is 13.0. The van der Waals surface area contributed by atoms with Crippen LogP contribution < -0.4 is 10.6 Å². The van der Waals surface area contributed by atoms with Crippen LogP contribution in [0.2, 0.25) is 0 Å². The summed E-state index contributed by atoms with van der Waals surface area (Å²) < 4.78 is 1.73. The van der Waals surface area contributed by atoms with Crippen molar-refractivity contribution in [2.24, 2.45) is 0 Å². The standard InChI is InChI=1S/C15H12Br2N2OS/c1-9-5-6-13(12(17)7-9)18-15(21)19-14(20)10-3-2-4-11(16)8-10/h2-8H,1H3,(H2,18,19,20,21). The van der Waals surface area contributed by atoms with Crippen molar-refractivity contribution in [3.8, 4) is 0 Å². The molecule has 3 nitrogen and oxygen atoms in total. The summed E-state index contributed by atoms with van der Waals surface area (Å²) in [6.07, 6.45) is 0. The zero-order valence-electron chi connectivity index (χ0n) is 11.1. The maximum atomic E-state index is 12.1. The molecule has 0 saturated carbocycles. The van der Waals surface area contributed by atoms with Gasteiger partial charge in [0.1, 0.15) is 0 Å². The Morgan fingerprint density at radius 3 is 2.57 bits per heavy atom. The van der Waals surface area contributed by atoms with Gasteiger partial charge >= 0.3 is 0 Å². The Balaban J connectivity index is 2.03. The highest BCUT2D eigenvalue weighted by Crippen LogP contribution is 2.23. The number of thiocarbonyl (C=S) groups is 1. The average Bonchev–Trinajstić information content (AvgIpc) is 2.42. The summed E-state index contributed by atoms with van der Waals surface area (Å²) >= 11 is 11.9. The highest BCUT2D eigenvalue weighted by atomic mass is 79.9. The first-order valence-corrected chi connectivity index (χ1v) is 8.09. The van der Waals surface area contributed by atoms with Crippen LogP contribution in [0.4, 0.5) is 5.69 Å². The van der Waals surface area contributed by atoms with E-state index in [-0.39, 0.29) is 11.0 Å². The van der Waals surface area contributed by atoms with Gasteiger partial charge in [0.25, 0.3) is 5.91 Å². The molecule has 0 heterocycles. The van der Waals surface area contributed by atoms with E-state index in [1.165, 1.54) is 0 Å². The van der Waals surface area contributed by atoms with Crippen molar-refractivity contribution >= 4 is 60.8 Å². The van der Waals surface area contributed by atoms with E-state index in [0.29, 0.717) is 5.56 Å². The smallest absolute Gasteiger partial charge is 0.257 e. The second-order valence-electron chi connectivity index (χ2n) is 4.40. The molecule has 0 radical (unpaired) electrons. The molecule has 2 aromatic rings. The molecular formula is C15H12Br2N2OS. The van der Waals surface area contributed by atoms with Gasteiger partial charge in [0, 0.05) is 14.5 Å². The molecule has 2 rings (SSSR count). The molecule has 2 aromatic carbocycles. The molecule has 0 bridgehead atoms. The lowest BCUT2D eigenvalue weighted by Crippen LogP contribution is -2.34. The molecule has 0 unspecified atom stereocenters. The summed E-state index contributed by atoms with van der Waals surface area (Å²) in [4.78, 5) is 12.1. The maximum Gasteiger partial charge on any atom is 0.257 e. The molecular weight excluding hydrogens is 416 g/mol. The third-order valence-corrected chi connectivity index (χ3v) is 4.04. The second kappa shape index (κ2) is 7.15. The number of benzene rings is 2. The summed E-state index contributed by atoms with van der Waals surface area (Å²) in [5.41, 5.74) is 2.48. The van der Waals surface area contributed by atoms with E-state index >= 15 is 0 Å². The quantitative estimate of drug-likeness (QED) is 0.685. The first kappa shape index (κ1) is 16.1. The summed E-state index contributed by atoms with van der Waals surface area (Å²) in [7, 11) is 0. The van der Waals surface area contributed by atoms with Crippen LogP contribution in [0.3, 0.4) is 0 Å². The highest BCUT2D eigenvalue weighted by molar-refractivity contribution is 9.10. The van der Waals surface area contributed by atoms with Crippen molar-refractivity contribution in [2.75, 3.05) is 5.32 Å². The first-order valence-electron chi connectivity index (χ1n) is 6.10. The van der Waals surface area contributed by atoms with Crippen molar-refractivity contribution in [1.82, 2.24) is 5.32 Å². The minimum absolute atomic E-state index is 0.253. The van der Waals surface area contributed by atoms with E-state index < -0.39 is 0 Å². The van der Waals surface area contributed by atoms with Gasteiger partial charge in [-0.3, -0.25) is 10.1 Å². The SMILES string of the molecule is Cc1ccc(NC(=S)NC(=O)c2cccc(Br)c2)c(Br)c1. The zero-order valence-corrected chi connectivity index (χ0v) is 15.1. The molecule has 1 amide bonds. The molecule has 0 aliphatic heterocycles. The lowest BCUT2D eigenvalue weighted by Gasteiger charge is -2.11. The lowest BCUT2D eigenvalue weighted by atomic mass is 10.2. The van der Waals surface area contributed by atoms with Gasteiger partial charge in [-0.15, -0.1) is 0 Å². The van der Waals surface area contributed by atoms with E-state index in [9.17, 15) is 4.79 Å². The van der Waals surface area contributed by atoms with E-state index in [1.54, 1.807) is 18.2 Å². The molecule has 0 aliphatic rings. The molecule has 0 saturated heterocycles. The van der Waals surface area contributed by atoms with Gasteiger partial charge in [-0.25, -0.2) is 0 Å². The van der Waals surface area contributed by atoms with E-state index in [1.807, 2.05) is 31.2 Å². The van der Waals surface area contributed by atoms with Crippen molar-refractivity contribution in [1.29, 1.82) is 0 Å². The van der Waals surface area contributed by atoms with E-state index in [0.717, 1.165) is 20.2 Å². The van der Waals surface area contributed by atoms with Crippen LogP contribution in [0.5, 0.6) is 0 Å². The molecule has 21 heavy (non-hydrogen) atoms. The third-order valence-electron chi connectivity index (χ3n) is 2.69. The van der Waals surface area contributed by atoms with Crippen LogP contribution in [-0.2, 0) is 0 Å². The summed E-state index contributed by atoms with van der Waals surface area (Å²) in [5.74, 6) is -0.253. The predicted octanol–water partition coefficient (Wildman–Crippen LogP) is 4.65. The average molecular weight is 428 g/mol. The Bertz CT molecular complexity index is 704. The molecule has 0 fully saturated rings. The molecule has 0 spiro atoms. The minimum atomic E-state index is -0.253. The van der Waals surface area contributed by atoms with Crippen LogP contribution in [0.1, 0.15) is 15.9 Å². The largest absolute Gasteiger partial charge is 0.331 e. The number of anilines is 1. The van der Waals surface area contributed by atoms with Crippen molar-refractivity contribution < 1.29 is 4.79 Å². The summed E-state index contributed by atoms with van der Waals surface area (Å²) in [6.45, 7) is 2.00. The second-order valence-corrected chi connectivity index (χ2v) is 6.58. The monoisotopic (exact) mass is 426 g/mol. The molecule has 0 aromatic heterocycles. The Labute approximate surface area is 145 Å². The molecule has 2 N–H and O–H groups in total. The van der Waals surface area contributed by atoms with Gasteiger partial charge in [-0.1, -0.05) is 28.1 Å². The van der Waals surface area contributed by atoms with E-state index in [2.05, 4.69) is 42.5 Å². The van der Waals surface area contributed by atoms with Crippen LogP contribution in [-0.4, -0.2) is 11.0 Å². The number of rotatable bonds is 2. The summed E-state index contributed by atoms with van der Waals surface area (Å²) in [5, 5.41) is 5.90. The van der Waals surface area contributed by atoms with Crippen molar-refractivity contribution in [2.45, 2.75) is 6.92 Å². The fourth-order valence-corrected chi connectivity index (χ4v) is 2.87. The Hall–Kier alpha value is -1.24. The number of carbonyl (C=O) groups excluding carboxylic acids is 1. The number of amides is 1. The van der Waals surface area contributed by atoms with Crippen LogP contribution in [0, 0.1) is 6.92 Å². The predicted molar refractivity (Wildman–Crippen MR) is 96.7 cm³/mol. The molecule has 108 valence electrons. The first-order chi connectivity index (χ1) is 9.95. The highest BCUT2D eigenvalue weighted by Gasteiger charge is 2.09. The van der Waals surface area contributed by atoms with Gasteiger partial charge in [0.2, 0.25) is 0 Å². The lowest BCUT2D eigenvalue weighted by molar-refractivity contribution is 0.0977. The number of nitrogens with one attached hydrogen (secondary N) is 2. The van der Waals surface area contributed by atoms with Gasteiger partial charge in [0.15, 0.2) is 5.11 Å². The number of hydrogen-bond donors (Lipinski definition) is 2. The number of halogens is 2. The molecule has 0 aliphatic carbocycles. The number of hydrogen-bond acceptors (Lipinski definition) is 2. The van der Waals surface area contributed by atoms with Crippen LogP contribution in [0.15, 0.2) is 51.4 Å². The van der Waals surface area contributed by atoms with Gasteiger partial charge in [0.05, 0.1) is 5.69 Å². The number of carbonyl (C=O) groups is 1. The van der Waals surface area contributed by atoms with Crippen molar-refractivity contribution in [3.63, 3.8) is 0 Å². The number of aryl methyl sites for hydroxylation is 1. The van der Waals surface area contributed by atoms with Gasteiger partial charge in [-0.2, -0.15) is 0 Å². The Kier molecular flexibility index (Phi) is 5.50. The normalized spacial score (nSPS) is 10.0. The molecule has 6 heteroatoms. The maximum absolute atomic E-state index is 12.1.